The number of morpholine rings is 1. The highest BCUT2D eigenvalue weighted by Gasteiger charge is 2.36. The standard InChI is InChI=1S/C17H21N5O5/c1-9-19-13(22-21-9)7-18-17(24)16-15(20-14(23)8-27-16)10-4-5-11(25-2)12(6-10)26-3/h4-6,15-16H,7-8H2,1-3H3,(H,18,24)(H,20,23)(H,19,21,22)/t15-,16+/m1/s1. The molecule has 10 nitrogen and oxygen atoms in total. The second-order valence-corrected chi connectivity index (χ2v) is 5.95. The lowest BCUT2D eigenvalue weighted by Crippen LogP contribution is -2.52. The number of nitrogens with zero attached hydrogens (tertiary/aromatic N) is 2. The number of nitrogens with one attached hydrogen (secondary N) is 3. The fraction of sp³-hybridized carbons (Fsp3) is 0.412. The first-order chi connectivity index (χ1) is 13.0. The van der Waals surface area contributed by atoms with Crippen molar-refractivity contribution < 1.29 is 23.8 Å². The molecule has 1 aromatic carbocycles. The number of methoxy groups -OCH3 is 2. The van der Waals surface area contributed by atoms with Gasteiger partial charge in [-0.2, -0.15) is 5.10 Å². The van der Waals surface area contributed by atoms with Gasteiger partial charge in [0, 0.05) is 0 Å². The van der Waals surface area contributed by atoms with E-state index in [-0.39, 0.29) is 25.0 Å². The summed E-state index contributed by atoms with van der Waals surface area (Å²) in [6.07, 6.45) is -0.902. The molecule has 0 saturated carbocycles. The van der Waals surface area contributed by atoms with Crippen LogP contribution in [0, 0.1) is 6.92 Å². The van der Waals surface area contributed by atoms with E-state index in [0.29, 0.717) is 28.7 Å². The molecule has 1 aliphatic heterocycles. The topological polar surface area (TPSA) is 127 Å². The van der Waals surface area contributed by atoms with Gasteiger partial charge >= 0.3 is 0 Å². The molecule has 0 radical (unpaired) electrons. The van der Waals surface area contributed by atoms with Crippen molar-refractivity contribution in [2.24, 2.45) is 0 Å². The Balaban J connectivity index is 1.78. The highest BCUT2D eigenvalue weighted by Crippen LogP contribution is 2.32. The number of ether oxygens (including phenoxy) is 3. The largest absolute Gasteiger partial charge is 0.493 e. The Labute approximate surface area is 155 Å². The minimum absolute atomic E-state index is 0.148. The Hall–Kier alpha value is -3.14. The molecular formula is C17H21N5O5. The van der Waals surface area contributed by atoms with Gasteiger partial charge in [0.25, 0.3) is 5.91 Å². The Morgan fingerprint density at radius 1 is 1.33 bits per heavy atom. The fourth-order valence-electron chi connectivity index (χ4n) is 2.82. The molecule has 2 atom stereocenters. The third-order valence-corrected chi connectivity index (χ3v) is 4.10. The molecule has 3 N–H and O–H groups in total. The molecule has 144 valence electrons. The van der Waals surface area contributed by atoms with E-state index in [0.717, 1.165) is 0 Å². The van der Waals surface area contributed by atoms with Crippen molar-refractivity contribution in [2.45, 2.75) is 25.6 Å². The van der Waals surface area contributed by atoms with E-state index in [1.54, 1.807) is 25.1 Å². The number of hydrogen-bond donors (Lipinski definition) is 3. The lowest BCUT2D eigenvalue weighted by atomic mass is 9.98. The van der Waals surface area contributed by atoms with Gasteiger partial charge in [0.05, 0.1) is 26.8 Å². The minimum Gasteiger partial charge on any atom is -0.493 e. The molecule has 2 amide bonds. The maximum absolute atomic E-state index is 12.6. The van der Waals surface area contributed by atoms with Crippen molar-refractivity contribution in [3.63, 3.8) is 0 Å². The molecule has 0 aliphatic carbocycles. The first kappa shape index (κ1) is 18.6. The maximum Gasteiger partial charge on any atom is 0.252 e. The monoisotopic (exact) mass is 375 g/mol. The predicted octanol–water partition coefficient (Wildman–Crippen LogP) is 0.00282. The van der Waals surface area contributed by atoms with E-state index in [1.807, 2.05) is 0 Å². The van der Waals surface area contributed by atoms with Crippen molar-refractivity contribution >= 4 is 11.8 Å². The SMILES string of the molecule is COc1ccc([C@H]2NC(=O)CO[C@@H]2C(=O)NCc2n[nH]c(C)n2)cc1OC. The third kappa shape index (κ3) is 4.17. The first-order valence-corrected chi connectivity index (χ1v) is 8.30. The van der Waals surface area contributed by atoms with E-state index >= 15 is 0 Å². The fourth-order valence-corrected chi connectivity index (χ4v) is 2.82. The molecule has 3 rings (SSSR count). The Morgan fingerprint density at radius 2 is 2.11 bits per heavy atom. The van der Waals surface area contributed by atoms with Crippen LogP contribution < -0.4 is 20.1 Å². The molecule has 0 bridgehead atoms. The lowest BCUT2D eigenvalue weighted by Gasteiger charge is -2.31. The van der Waals surface area contributed by atoms with Crippen molar-refractivity contribution in [1.29, 1.82) is 0 Å². The highest BCUT2D eigenvalue weighted by molar-refractivity contribution is 5.86. The molecular weight excluding hydrogens is 354 g/mol. The van der Waals surface area contributed by atoms with Gasteiger partial charge in [-0.05, 0) is 24.6 Å². The van der Waals surface area contributed by atoms with Crippen LogP contribution in [0.3, 0.4) is 0 Å². The molecule has 10 heteroatoms. The third-order valence-electron chi connectivity index (χ3n) is 4.10. The Kier molecular flexibility index (Phi) is 5.55. The van der Waals surface area contributed by atoms with E-state index in [2.05, 4.69) is 25.8 Å². The lowest BCUT2D eigenvalue weighted by molar-refractivity contribution is -0.148. The van der Waals surface area contributed by atoms with Crippen LogP contribution in [0.4, 0.5) is 0 Å². The second-order valence-electron chi connectivity index (χ2n) is 5.95. The molecule has 0 spiro atoms. The number of carbonyl (C=O) groups is 2. The molecule has 27 heavy (non-hydrogen) atoms. The van der Waals surface area contributed by atoms with Crippen LogP contribution in [0.25, 0.3) is 0 Å². The molecule has 0 unspecified atom stereocenters. The van der Waals surface area contributed by atoms with Crippen LogP contribution in [0.15, 0.2) is 18.2 Å². The molecule has 1 fully saturated rings. The average molecular weight is 375 g/mol. The Morgan fingerprint density at radius 3 is 2.78 bits per heavy atom. The number of rotatable bonds is 6. The number of hydrogen-bond acceptors (Lipinski definition) is 7. The zero-order valence-electron chi connectivity index (χ0n) is 15.2. The molecule has 1 saturated heterocycles. The number of aromatic amines is 1. The van der Waals surface area contributed by atoms with Crippen molar-refractivity contribution in [3.05, 3.63) is 35.4 Å². The van der Waals surface area contributed by atoms with Crippen molar-refractivity contribution in [2.75, 3.05) is 20.8 Å². The van der Waals surface area contributed by atoms with Crippen LogP contribution in [-0.4, -0.2) is 53.9 Å². The summed E-state index contributed by atoms with van der Waals surface area (Å²) >= 11 is 0. The number of H-pyrrole nitrogens is 1. The summed E-state index contributed by atoms with van der Waals surface area (Å²) in [4.78, 5) is 28.6. The summed E-state index contributed by atoms with van der Waals surface area (Å²) in [5.41, 5.74) is 0.662. The second kappa shape index (κ2) is 8.04. The quantitative estimate of drug-likeness (QED) is 0.648. The van der Waals surface area contributed by atoms with Gasteiger partial charge in [-0.25, -0.2) is 4.98 Å². The van der Waals surface area contributed by atoms with Gasteiger partial charge in [-0.3, -0.25) is 14.7 Å². The van der Waals surface area contributed by atoms with Crippen LogP contribution in [0.1, 0.15) is 23.3 Å². The van der Waals surface area contributed by atoms with Gasteiger partial charge in [-0.1, -0.05) is 6.07 Å². The van der Waals surface area contributed by atoms with Crippen molar-refractivity contribution in [1.82, 2.24) is 25.8 Å². The molecule has 1 aromatic heterocycles. The highest BCUT2D eigenvalue weighted by atomic mass is 16.5. The average Bonchev–Trinajstić information content (AvgIpc) is 3.10. The van der Waals surface area contributed by atoms with Gasteiger partial charge in [0.1, 0.15) is 12.4 Å². The smallest absolute Gasteiger partial charge is 0.252 e. The summed E-state index contributed by atoms with van der Waals surface area (Å²) in [6.45, 7) is 1.72. The Bertz CT molecular complexity index is 837. The van der Waals surface area contributed by atoms with Crippen LogP contribution in [0.5, 0.6) is 11.5 Å². The summed E-state index contributed by atoms with van der Waals surface area (Å²) < 4.78 is 16.0. The van der Waals surface area contributed by atoms with Crippen LogP contribution in [0.2, 0.25) is 0 Å². The molecule has 2 heterocycles. The number of benzene rings is 1. The summed E-state index contributed by atoms with van der Waals surface area (Å²) in [5, 5.41) is 12.2. The number of carbonyl (C=O) groups excluding carboxylic acids is 2. The zero-order chi connectivity index (χ0) is 19.4. The first-order valence-electron chi connectivity index (χ1n) is 8.30. The normalized spacial score (nSPS) is 19.3. The van der Waals surface area contributed by atoms with E-state index in [1.165, 1.54) is 14.2 Å². The number of aromatic nitrogens is 3. The van der Waals surface area contributed by atoms with Gasteiger partial charge in [0.2, 0.25) is 5.91 Å². The maximum atomic E-state index is 12.6. The van der Waals surface area contributed by atoms with Gasteiger partial charge < -0.3 is 24.8 Å². The minimum atomic E-state index is -0.902. The molecule has 2 aromatic rings. The van der Waals surface area contributed by atoms with Crippen molar-refractivity contribution in [3.8, 4) is 11.5 Å². The summed E-state index contributed by atoms with van der Waals surface area (Å²) in [5.74, 6) is 1.48. The zero-order valence-corrected chi connectivity index (χ0v) is 15.2. The predicted molar refractivity (Wildman–Crippen MR) is 93.1 cm³/mol. The van der Waals surface area contributed by atoms with Crippen LogP contribution >= 0.6 is 0 Å². The number of aryl methyl sites for hydroxylation is 1. The van der Waals surface area contributed by atoms with E-state index < -0.39 is 12.1 Å². The van der Waals surface area contributed by atoms with Crippen LogP contribution in [-0.2, 0) is 20.9 Å². The number of amides is 2. The summed E-state index contributed by atoms with van der Waals surface area (Å²) in [7, 11) is 3.05. The summed E-state index contributed by atoms with van der Waals surface area (Å²) in [6, 6.07) is 4.50. The van der Waals surface area contributed by atoms with Gasteiger partial charge in [0.15, 0.2) is 23.4 Å². The molecule has 1 aliphatic rings. The van der Waals surface area contributed by atoms with E-state index in [9.17, 15) is 9.59 Å². The van der Waals surface area contributed by atoms with Gasteiger partial charge in [-0.15, -0.1) is 0 Å². The van der Waals surface area contributed by atoms with E-state index in [4.69, 9.17) is 14.2 Å².